The van der Waals surface area contributed by atoms with Crippen LogP contribution in [0, 0.1) is 0 Å². The largest absolute Gasteiger partial charge is 0.573 e. The van der Waals surface area contributed by atoms with E-state index >= 15 is 0 Å². The highest BCUT2D eigenvalue weighted by Crippen LogP contribution is 2.37. The second-order valence-corrected chi connectivity index (χ2v) is 8.04. The summed E-state index contributed by atoms with van der Waals surface area (Å²) in [6.45, 7) is 1.59. The molecule has 1 aromatic carbocycles. The molecule has 2 aromatic rings. The molecule has 1 aromatic heterocycles. The lowest BCUT2D eigenvalue weighted by Crippen LogP contribution is -2.39. The smallest absolute Gasteiger partial charge is 0.406 e. The van der Waals surface area contributed by atoms with Gasteiger partial charge in [-0.05, 0) is 63.0 Å². The maximum absolute atomic E-state index is 12.3. The van der Waals surface area contributed by atoms with Gasteiger partial charge in [0.25, 0.3) is 0 Å². The molecule has 11 heteroatoms. The molecule has 4 rings (SSSR count). The van der Waals surface area contributed by atoms with Crippen molar-refractivity contribution in [1.82, 2.24) is 19.2 Å². The van der Waals surface area contributed by atoms with Gasteiger partial charge in [0.2, 0.25) is 5.91 Å². The summed E-state index contributed by atoms with van der Waals surface area (Å²) >= 11 is 0. The summed E-state index contributed by atoms with van der Waals surface area (Å²) in [6.07, 6.45) is -1.11. The van der Waals surface area contributed by atoms with Crippen LogP contribution in [0.1, 0.15) is 43.5 Å². The van der Waals surface area contributed by atoms with Crippen molar-refractivity contribution in [3.05, 3.63) is 40.6 Å². The topological polar surface area (TPSA) is 81.4 Å². The van der Waals surface area contributed by atoms with Crippen molar-refractivity contribution in [2.75, 3.05) is 25.0 Å². The molecule has 1 saturated heterocycles. The van der Waals surface area contributed by atoms with Crippen molar-refractivity contribution in [3.8, 4) is 5.75 Å². The predicted molar refractivity (Wildman–Crippen MR) is 106 cm³/mol. The van der Waals surface area contributed by atoms with Gasteiger partial charge >= 0.3 is 12.1 Å². The van der Waals surface area contributed by atoms with Crippen molar-refractivity contribution < 1.29 is 22.7 Å². The lowest BCUT2D eigenvalue weighted by Gasteiger charge is -2.31. The van der Waals surface area contributed by atoms with Crippen LogP contribution < -0.4 is 15.7 Å². The molecule has 2 aliphatic rings. The first-order valence-corrected chi connectivity index (χ1v) is 10.2. The van der Waals surface area contributed by atoms with Crippen molar-refractivity contribution in [3.63, 3.8) is 0 Å². The van der Waals surface area contributed by atoms with Crippen LogP contribution in [0.5, 0.6) is 5.75 Å². The number of aryl methyl sites for hydroxylation is 1. The van der Waals surface area contributed by atoms with Crippen LogP contribution in [-0.2, 0) is 11.8 Å². The molecule has 0 radical (unpaired) electrons. The van der Waals surface area contributed by atoms with Crippen LogP contribution in [0.2, 0.25) is 0 Å². The number of amides is 1. The van der Waals surface area contributed by atoms with Crippen LogP contribution in [0.4, 0.5) is 18.9 Å². The molecule has 0 atom stereocenters. The van der Waals surface area contributed by atoms with Crippen molar-refractivity contribution >= 4 is 11.6 Å². The number of hydrogen-bond donors (Lipinski definition) is 1. The Morgan fingerprint density at radius 1 is 1.16 bits per heavy atom. The number of likely N-dealkylation sites (tertiary alicyclic amines) is 1. The molecular weight excluding hydrogens is 415 g/mol. The highest BCUT2D eigenvalue weighted by molar-refractivity contribution is 5.92. The lowest BCUT2D eigenvalue weighted by atomic mass is 9.96. The summed E-state index contributed by atoms with van der Waals surface area (Å²) in [4.78, 5) is 26.7. The average Bonchev–Trinajstić information content (AvgIpc) is 3.49. The molecule has 2 fully saturated rings. The van der Waals surface area contributed by atoms with E-state index in [2.05, 4.69) is 15.2 Å². The molecule has 1 amide bonds. The first kappa shape index (κ1) is 21.4. The summed E-state index contributed by atoms with van der Waals surface area (Å²) in [5.41, 5.74) is 0.335. The van der Waals surface area contributed by atoms with E-state index in [0.29, 0.717) is 18.8 Å². The quantitative estimate of drug-likeness (QED) is 0.749. The zero-order valence-corrected chi connectivity index (χ0v) is 17.1. The van der Waals surface area contributed by atoms with Crippen LogP contribution in [0.3, 0.4) is 0 Å². The Morgan fingerprint density at radius 2 is 1.81 bits per heavy atom. The molecule has 1 aliphatic heterocycles. The van der Waals surface area contributed by atoms with Crippen LogP contribution in [0.15, 0.2) is 29.1 Å². The molecule has 8 nitrogen and oxygen atoms in total. The number of halogens is 3. The Hall–Kier alpha value is -2.82. The summed E-state index contributed by atoms with van der Waals surface area (Å²) in [7, 11) is 1.67. The maximum Gasteiger partial charge on any atom is 0.573 e. The zero-order chi connectivity index (χ0) is 22.2. The molecule has 1 aliphatic carbocycles. The van der Waals surface area contributed by atoms with Gasteiger partial charge in [-0.1, -0.05) is 0 Å². The van der Waals surface area contributed by atoms with Gasteiger partial charge in [-0.3, -0.25) is 14.3 Å². The number of rotatable bonds is 6. The number of aromatic nitrogens is 3. The Balaban J connectivity index is 1.28. The van der Waals surface area contributed by atoms with Gasteiger partial charge in [-0.15, -0.1) is 13.2 Å². The molecule has 0 spiro atoms. The molecule has 1 saturated carbocycles. The number of carbonyl (C=O) groups excluding carboxylic acids is 1. The number of benzene rings is 1. The minimum Gasteiger partial charge on any atom is -0.406 e. The predicted octanol–water partition coefficient (Wildman–Crippen LogP) is 2.63. The summed E-state index contributed by atoms with van der Waals surface area (Å²) < 4.78 is 43.7. The fourth-order valence-electron chi connectivity index (χ4n) is 3.95. The number of carbonyl (C=O) groups is 1. The number of hydrogen-bond acceptors (Lipinski definition) is 5. The molecule has 1 N–H and O–H groups in total. The van der Waals surface area contributed by atoms with Gasteiger partial charge in [-0.2, -0.15) is 5.10 Å². The van der Waals surface area contributed by atoms with Gasteiger partial charge in [0.15, 0.2) is 0 Å². The second kappa shape index (κ2) is 8.37. The second-order valence-electron chi connectivity index (χ2n) is 8.04. The van der Waals surface area contributed by atoms with E-state index in [4.69, 9.17) is 0 Å². The summed E-state index contributed by atoms with van der Waals surface area (Å²) in [5, 5.41) is 7.14. The lowest BCUT2D eigenvalue weighted by molar-refractivity contribution is -0.274. The molecular formula is C20H24F3N5O3. The Labute approximate surface area is 176 Å². The summed E-state index contributed by atoms with van der Waals surface area (Å²) in [6, 6.07) is 5.31. The third kappa shape index (κ3) is 5.27. The molecule has 0 bridgehead atoms. The third-order valence-electron chi connectivity index (χ3n) is 5.59. The van der Waals surface area contributed by atoms with E-state index in [1.54, 1.807) is 7.05 Å². The van der Waals surface area contributed by atoms with E-state index < -0.39 is 6.36 Å². The van der Waals surface area contributed by atoms with Crippen molar-refractivity contribution in [1.29, 1.82) is 0 Å². The van der Waals surface area contributed by atoms with E-state index in [1.807, 2.05) is 9.47 Å². The number of nitrogens with zero attached hydrogens (tertiary/aromatic N) is 4. The Kier molecular flexibility index (Phi) is 5.78. The fourth-order valence-corrected chi connectivity index (χ4v) is 3.95. The highest BCUT2D eigenvalue weighted by atomic mass is 19.4. The van der Waals surface area contributed by atoms with Gasteiger partial charge in [-0.25, -0.2) is 9.48 Å². The summed E-state index contributed by atoms with van der Waals surface area (Å²) in [5.74, 6) is 0.456. The Bertz CT molecular complexity index is 987. The van der Waals surface area contributed by atoms with E-state index in [1.165, 1.54) is 16.8 Å². The average molecular weight is 439 g/mol. The third-order valence-corrected chi connectivity index (χ3v) is 5.59. The number of piperidine rings is 1. The first-order valence-electron chi connectivity index (χ1n) is 10.2. The van der Waals surface area contributed by atoms with E-state index in [0.717, 1.165) is 43.6 Å². The van der Waals surface area contributed by atoms with E-state index in [-0.39, 0.29) is 35.9 Å². The standard InChI is InChI=1S/C20H24F3N5O3/c1-26-19(30)28(15-4-5-15)18(25-26)13-8-10-27(11-9-13)12-17(29)24-14-2-6-16(7-3-14)31-20(21,22)23/h2-3,6-7,13,15H,4-5,8-12H2,1H3,(H,24,29). The monoisotopic (exact) mass is 439 g/mol. The van der Waals surface area contributed by atoms with Crippen LogP contribution in [-0.4, -0.2) is 51.2 Å². The van der Waals surface area contributed by atoms with Gasteiger partial charge in [0.05, 0.1) is 6.54 Å². The molecule has 2 heterocycles. The van der Waals surface area contributed by atoms with E-state index in [9.17, 15) is 22.8 Å². The van der Waals surface area contributed by atoms with Crippen LogP contribution in [0.25, 0.3) is 0 Å². The minimum absolute atomic E-state index is 0.0639. The van der Waals surface area contributed by atoms with Crippen molar-refractivity contribution in [2.45, 2.75) is 44.0 Å². The van der Waals surface area contributed by atoms with Gasteiger partial charge < -0.3 is 10.1 Å². The normalized spacial score (nSPS) is 18.2. The SMILES string of the molecule is Cn1nc(C2CCN(CC(=O)Nc3ccc(OC(F)(F)F)cc3)CC2)n(C2CC2)c1=O. The first-order chi connectivity index (χ1) is 14.7. The molecule has 168 valence electrons. The van der Waals surface area contributed by atoms with Crippen LogP contribution >= 0.6 is 0 Å². The fraction of sp³-hybridized carbons (Fsp3) is 0.550. The number of ether oxygens (including phenoxy) is 1. The van der Waals surface area contributed by atoms with Gasteiger partial charge in [0, 0.05) is 24.7 Å². The molecule has 31 heavy (non-hydrogen) atoms. The minimum atomic E-state index is -4.75. The number of anilines is 1. The number of alkyl halides is 3. The van der Waals surface area contributed by atoms with Crippen molar-refractivity contribution in [2.24, 2.45) is 7.05 Å². The zero-order valence-electron chi connectivity index (χ0n) is 17.1. The highest BCUT2D eigenvalue weighted by Gasteiger charge is 2.34. The molecule has 0 unspecified atom stereocenters. The van der Waals surface area contributed by atoms with Gasteiger partial charge in [0.1, 0.15) is 11.6 Å². The number of nitrogens with one attached hydrogen (secondary N) is 1. The Morgan fingerprint density at radius 3 is 2.39 bits per heavy atom. The maximum atomic E-state index is 12.3.